The average molecular weight is 198 g/mol. The molecular weight excluding hydrogens is 184 g/mol. The van der Waals surface area contributed by atoms with E-state index in [1.54, 1.807) is 12.4 Å². The van der Waals surface area contributed by atoms with Gasteiger partial charge < -0.3 is 0 Å². The SMILES string of the molecule is CCc1cccc(-c2nccnc2C)c1. The maximum Gasteiger partial charge on any atom is 0.0914 e. The summed E-state index contributed by atoms with van der Waals surface area (Å²) in [6, 6.07) is 8.46. The summed E-state index contributed by atoms with van der Waals surface area (Å²) in [7, 11) is 0. The Morgan fingerprint density at radius 2 is 1.93 bits per heavy atom. The molecule has 2 heteroatoms. The fourth-order valence-corrected chi connectivity index (χ4v) is 1.63. The van der Waals surface area contributed by atoms with E-state index < -0.39 is 0 Å². The lowest BCUT2D eigenvalue weighted by Gasteiger charge is -2.05. The lowest BCUT2D eigenvalue weighted by Crippen LogP contribution is -1.91. The van der Waals surface area contributed by atoms with E-state index in [0.29, 0.717) is 0 Å². The zero-order valence-electron chi connectivity index (χ0n) is 9.07. The summed E-state index contributed by atoms with van der Waals surface area (Å²) in [5.74, 6) is 0. The number of aryl methyl sites for hydroxylation is 2. The van der Waals surface area contributed by atoms with Crippen LogP contribution in [0.5, 0.6) is 0 Å². The summed E-state index contributed by atoms with van der Waals surface area (Å²) in [6.07, 6.45) is 4.51. The molecule has 0 unspecified atom stereocenters. The lowest BCUT2D eigenvalue weighted by molar-refractivity contribution is 1.11. The molecule has 0 saturated carbocycles. The van der Waals surface area contributed by atoms with E-state index in [9.17, 15) is 0 Å². The van der Waals surface area contributed by atoms with Gasteiger partial charge in [0.1, 0.15) is 0 Å². The van der Waals surface area contributed by atoms with Gasteiger partial charge in [-0.1, -0.05) is 25.1 Å². The highest BCUT2D eigenvalue weighted by Gasteiger charge is 2.03. The summed E-state index contributed by atoms with van der Waals surface area (Å²) in [4.78, 5) is 8.61. The van der Waals surface area contributed by atoms with Crippen LogP contribution in [0.15, 0.2) is 36.7 Å². The van der Waals surface area contributed by atoms with Gasteiger partial charge in [0.05, 0.1) is 11.4 Å². The third kappa shape index (κ3) is 2.04. The van der Waals surface area contributed by atoms with Crippen LogP contribution >= 0.6 is 0 Å². The molecule has 2 nitrogen and oxygen atoms in total. The van der Waals surface area contributed by atoms with Crippen molar-refractivity contribution in [3.05, 3.63) is 47.9 Å². The molecule has 15 heavy (non-hydrogen) atoms. The molecule has 1 aromatic carbocycles. The molecule has 0 N–H and O–H groups in total. The van der Waals surface area contributed by atoms with Gasteiger partial charge in [-0.05, 0) is 25.0 Å². The topological polar surface area (TPSA) is 25.8 Å². The Balaban J connectivity index is 2.49. The van der Waals surface area contributed by atoms with Gasteiger partial charge in [-0.15, -0.1) is 0 Å². The molecule has 0 amide bonds. The van der Waals surface area contributed by atoms with Crippen LogP contribution in [-0.2, 0) is 6.42 Å². The monoisotopic (exact) mass is 198 g/mol. The Kier molecular flexibility index (Phi) is 2.77. The van der Waals surface area contributed by atoms with Crippen molar-refractivity contribution < 1.29 is 0 Å². The molecular formula is C13H14N2. The molecule has 0 spiro atoms. The van der Waals surface area contributed by atoms with Crippen molar-refractivity contribution >= 4 is 0 Å². The minimum Gasteiger partial charge on any atom is -0.258 e. The zero-order chi connectivity index (χ0) is 10.7. The molecule has 0 fully saturated rings. The van der Waals surface area contributed by atoms with E-state index in [0.717, 1.165) is 23.4 Å². The molecule has 0 saturated heterocycles. The van der Waals surface area contributed by atoms with Crippen LogP contribution in [0.4, 0.5) is 0 Å². The van der Waals surface area contributed by atoms with Crippen LogP contribution in [-0.4, -0.2) is 9.97 Å². The third-order valence-electron chi connectivity index (χ3n) is 2.49. The van der Waals surface area contributed by atoms with E-state index >= 15 is 0 Å². The normalized spacial score (nSPS) is 10.3. The van der Waals surface area contributed by atoms with Crippen molar-refractivity contribution in [1.82, 2.24) is 9.97 Å². The van der Waals surface area contributed by atoms with Crippen molar-refractivity contribution in [3.8, 4) is 11.3 Å². The van der Waals surface area contributed by atoms with Crippen molar-refractivity contribution in [2.45, 2.75) is 20.3 Å². The second-order valence-electron chi connectivity index (χ2n) is 3.54. The molecule has 0 aliphatic rings. The molecule has 1 heterocycles. The van der Waals surface area contributed by atoms with Crippen LogP contribution < -0.4 is 0 Å². The van der Waals surface area contributed by atoms with Crippen molar-refractivity contribution in [2.24, 2.45) is 0 Å². The minimum absolute atomic E-state index is 0.978. The Labute approximate surface area is 90.0 Å². The van der Waals surface area contributed by atoms with Gasteiger partial charge in [0.2, 0.25) is 0 Å². The number of benzene rings is 1. The highest BCUT2D eigenvalue weighted by Crippen LogP contribution is 2.20. The Hall–Kier alpha value is -1.70. The Morgan fingerprint density at radius 3 is 2.67 bits per heavy atom. The summed E-state index contributed by atoms with van der Waals surface area (Å²) in [5.41, 5.74) is 4.44. The number of hydrogen-bond donors (Lipinski definition) is 0. The molecule has 2 aromatic rings. The standard InChI is InChI=1S/C13H14N2/c1-3-11-5-4-6-12(9-11)13-10(2)14-7-8-15-13/h4-9H,3H2,1-2H3. The second kappa shape index (κ2) is 4.22. The van der Waals surface area contributed by atoms with Crippen LogP contribution in [0.2, 0.25) is 0 Å². The maximum atomic E-state index is 4.36. The third-order valence-corrected chi connectivity index (χ3v) is 2.49. The fourth-order valence-electron chi connectivity index (χ4n) is 1.63. The first kappa shape index (κ1) is 9.84. The van der Waals surface area contributed by atoms with Gasteiger partial charge in [-0.25, -0.2) is 0 Å². The number of nitrogens with zero attached hydrogens (tertiary/aromatic N) is 2. The minimum atomic E-state index is 0.978. The smallest absolute Gasteiger partial charge is 0.0914 e. The van der Waals surface area contributed by atoms with E-state index in [1.165, 1.54) is 5.56 Å². The van der Waals surface area contributed by atoms with E-state index in [-0.39, 0.29) is 0 Å². The van der Waals surface area contributed by atoms with Gasteiger partial charge in [0, 0.05) is 18.0 Å². The highest BCUT2D eigenvalue weighted by atomic mass is 14.8. The number of rotatable bonds is 2. The average Bonchev–Trinajstić information content (AvgIpc) is 2.30. The first-order valence-corrected chi connectivity index (χ1v) is 5.18. The van der Waals surface area contributed by atoms with Gasteiger partial charge >= 0.3 is 0 Å². The Bertz CT molecular complexity index is 464. The van der Waals surface area contributed by atoms with Crippen molar-refractivity contribution in [1.29, 1.82) is 0 Å². The van der Waals surface area contributed by atoms with E-state index in [2.05, 4.69) is 41.2 Å². The summed E-state index contributed by atoms with van der Waals surface area (Å²) in [6.45, 7) is 4.14. The molecule has 0 bridgehead atoms. The van der Waals surface area contributed by atoms with E-state index in [4.69, 9.17) is 0 Å². The summed E-state index contributed by atoms with van der Waals surface area (Å²) in [5, 5.41) is 0. The van der Waals surface area contributed by atoms with Crippen LogP contribution in [0, 0.1) is 6.92 Å². The summed E-state index contributed by atoms with van der Waals surface area (Å²) >= 11 is 0. The zero-order valence-corrected chi connectivity index (χ0v) is 9.07. The molecule has 1 aromatic heterocycles. The number of hydrogen-bond acceptors (Lipinski definition) is 2. The van der Waals surface area contributed by atoms with Crippen LogP contribution in [0.3, 0.4) is 0 Å². The molecule has 2 rings (SSSR count). The highest BCUT2D eigenvalue weighted by molar-refractivity contribution is 5.61. The van der Waals surface area contributed by atoms with Crippen LogP contribution in [0.25, 0.3) is 11.3 Å². The molecule has 76 valence electrons. The summed E-state index contributed by atoms with van der Waals surface area (Å²) < 4.78 is 0. The largest absolute Gasteiger partial charge is 0.258 e. The second-order valence-corrected chi connectivity index (χ2v) is 3.54. The number of aromatic nitrogens is 2. The quantitative estimate of drug-likeness (QED) is 0.741. The van der Waals surface area contributed by atoms with E-state index in [1.807, 2.05) is 6.92 Å². The van der Waals surface area contributed by atoms with Gasteiger partial charge in [0.15, 0.2) is 0 Å². The van der Waals surface area contributed by atoms with Crippen molar-refractivity contribution in [2.75, 3.05) is 0 Å². The maximum absolute atomic E-state index is 4.36. The molecule has 0 aliphatic carbocycles. The molecule has 0 aliphatic heterocycles. The first-order chi connectivity index (χ1) is 7.31. The Morgan fingerprint density at radius 1 is 1.13 bits per heavy atom. The van der Waals surface area contributed by atoms with Gasteiger partial charge in [0.25, 0.3) is 0 Å². The molecule has 0 atom stereocenters. The lowest BCUT2D eigenvalue weighted by atomic mass is 10.1. The fraction of sp³-hybridized carbons (Fsp3) is 0.231. The van der Waals surface area contributed by atoms with Gasteiger partial charge in [-0.2, -0.15) is 0 Å². The van der Waals surface area contributed by atoms with Crippen LogP contribution in [0.1, 0.15) is 18.2 Å². The van der Waals surface area contributed by atoms with Crippen molar-refractivity contribution in [3.63, 3.8) is 0 Å². The predicted octanol–water partition coefficient (Wildman–Crippen LogP) is 3.01. The molecule has 0 radical (unpaired) electrons. The van der Waals surface area contributed by atoms with Gasteiger partial charge in [-0.3, -0.25) is 9.97 Å². The predicted molar refractivity (Wildman–Crippen MR) is 61.6 cm³/mol. The first-order valence-electron chi connectivity index (χ1n) is 5.18.